The zero-order chi connectivity index (χ0) is 18.3. The minimum atomic E-state index is -0.208. The molecule has 1 aliphatic rings. The maximum atomic E-state index is 12.5. The van der Waals surface area contributed by atoms with E-state index < -0.39 is 0 Å². The predicted molar refractivity (Wildman–Crippen MR) is 104 cm³/mol. The maximum absolute atomic E-state index is 12.5. The molecule has 1 amide bonds. The fraction of sp³-hybridized carbons (Fsp3) is 0.353. The molecular formula is C17H20BrN7O. The van der Waals surface area contributed by atoms with Crippen LogP contribution in [0.1, 0.15) is 23.2 Å². The number of H-pyrrole nitrogens is 1. The molecule has 0 aliphatic carbocycles. The topological polar surface area (TPSA) is 105 Å². The Bertz CT molecular complexity index is 963. The Morgan fingerprint density at radius 2 is 2.31 bits per heavy atom. The molecule has 0 bridgehead atoms. The van der Waals surface area contributed by atoms with Gasteiger partial charge in [-0.1, -0.05) is 0 Å². The zero-order valence-electron chi connectivity index (χ0n) is 14.4. The fourth-order valence-electron chi connectivity index (χ4n) is 3.41. The lowest BCUT2D eigenvalue weighted by Crippen LogP contribution is -2.43. The molecule has 1 aliphatic heterocycles. The van der Waals surface area contributed by atoms with Crippen LogP contribution >= 0.6 is 15.9 Å². The maximum Gasteiger partial charge on any atom is 0.258 e. The van der Waals surface area contributed by atoms with Crippen LogP contribution in [0.5, 0.6) is 0 Å². The number of aryl methyl sites for hydroxylation is 1. The van der Waals surface area contributed by atoms with Gasteiger partial charge in [-0.2, -0.15) is 5.10 Å². The van der Waals surface area contributed by atoms with Crippen molar-refractivity contribution in [3.8, 4) is 0 Å². The molecule has 3 aromatic heterocycles. The minimum Gasteiger partial charge on any atom is -0.368 e. The van der Waals surface area contributed by atoms with Crippen LogP contribution < -0.4 is 16.0 Å². The first-order valence-corrected chi connectivity index (χ1v) is 9.28. The van der Waals surface area contributed by atoms with Crippen LogP contribution in [0, 0.1) is 0 Å². The summed E-state index contributed by atoms with van der Waals surface area (Å²) < 4.78 is 2.48. The first kappa shape index (κ1) is 17.0. The van der Waals surface area contributed by atoms with Crippen LogP contribution in [0.15, 0.2) is 29.3 Å². The van der Waals surface area contributed by atoms with Crippen molar-refractivity contribution < 1.29 is 4.79 Å². The van der Waals surface area contributed by atoms with Gasteiger partial charge in [0, 0.05) is 44.8 Å². The van der Waals surface area contributed by atoms with Crippen LogP contribution in [-0.2, 0) is 7.05 Å². The number of nitrogens with zero attached hydrogens (tertiary/aromatic N) is 4. The number of piperidine rings is 1. The van der Waals surface area contributed by atoms with E-state index in [-0.39, 0.29) is 11.9 Å². The summed E-state index contributed by atoms with van der Waals surface area (Å²) in [4.78, 5) is 22.4. The number of anilines is 2. The number of fused-ring (bicyclic) bond motifs is 1. The fourth-order valence-corrected chi connectivity index (χ4v) is 3.96. The van der Waals surface area contributed by atoms with Crippen LogP contribution in [-0.4, -0.2) is 44.8 Å². The number of hydrogen-bond acceptors (Lipinski definition) is 5. The predicted octanol–water partition coefficient (Wildman–Crippen LogP) is 2.24. The first-order valence-electron chi connectivity index (χ1n) is 8.49. The van der Waals surface area contributed by atoms with Gasteiger partial charge in [-0.05, 0) is 28.8 Å². The van der Waals surface area contributed by atoms with Crippen molar-refractivity contribution in [2.75, 3.05) is 23.3 Å². The number of aromatic amines is 1. The standard InChI is InChI=1S/C17H20BrN7O/c1-24-8-10(5-22-24)17(26)23-13-7-21-16-14(13)15(12(18)6-20-16)25-4-2-3-11(19)9-25/h5-8,11H,2-4,9,19H2,1H3,(H,20,21)(H,23,26)/t11-/m0/s1. The van der Waals surface area contributed by atoms with E-state index in [9.17, 15) is 4.79 Å². The van der Waals surface area contributed by atoms with Gasteiger partial charge in [0.1, 0.15) is 5.65 Å². The van der Waals surface area contributed by atoms with Crippen LogP contribution in [0.4, 0.5) is 11.4 Å². The number of pyridine rings is 1. The molecule has 4 N–H and O–H groups in total. The molecule has 136 valence electrons. The summed E-state index contributed by atoms with van der Waals surface area (Å²) in [6.45, 7) is 1.70. The highest BCUT2D eigenvalue weighted by molar-refractivity contribution is 9.10. The van der Waals surface area contributed by atoms with Gasteiger partial charge in [0.2, 0.25) is 0 Å². The molecule has 4 heterocycles. The summed E-state index contributed by atoms with van der Waals surface area (Å²) in [5, 5.41) is 7.90. The van der Waals surface area contributed by atoms with Gasteiger partial charge in [0.25, 0.3) is 5.91 Å². The van der Waals surface area contributed by atoms with Crippen molar-refractivity contribution in [2.24, 2.45) is 12.8 Å². The van der Waals surface area contributed by atoms with Crippen molar-refractivity contribution in [3.63, 3.8) is 0 Å². The third kappa shape index (κ3) is 3.08. The van der Waals surface area contributed by atoms with Crippen LogP contribution in [0.25, 0.3) is 11.0 Å². The largest absolute Gasteiger partial charge is 0.368 e. The number of aromatic nitrogens is 4. The summed E-state index contributed by atoms with van der Waals surface area (Å²) in [7, 11) is 1.78. The molecule has 9 heteroatoms. The number of carbonyl (C=O) groups excluding carboxylic acids is 1. The number of amides is 1. The monoisotopic (exact) mass is 417 g/mol. The summed E-state index contributed by atoms with van der Waals surface area (Å²) in [5.41, 5.74) is 9.10. The minimum absolute atomic E-state index is 0.145. The number of carbonyl (C=O) groups is 1. The van der Waals surface area contributed by atoms with Gasteiger partial charge in [0.05, 0.1) is 33.0 Å². The molecule has 4 rings (SSSR count). The molecule has 1 saturated heterocycles. The van der Waals surface area contributed by atoms with Crippen LogP contribution in [0.3, 0.4) is 0 Å². The van der Waals surface area contributed by atoms with Gasteiger partial charge in [-0.15, -0.1) is 0 Å². The van der Waals surface area contributed by atoms with E-state index in [1.807, 2.05) is 0 Å². The van der Waals surface area contributed by atoms with E-state index in [1.54, 1.807) is 36.5 Å². The second-order valence-corrected chi connectivity index (χ2v) is 7.44. The van der Waals surface area contributed by atoms with E-state index >= 15 is 0 Å². The molecule has 0 saturated carbocycles. The smallest absolute Gasteiger partial charge is 0.258 e. The zero-order valence-corrected chi connectivity index (χ0v) is 16.0. The Morgan fingerprint density at radius 1 is 1.46 bits per heavy atom. The molecule has 0 unspecified atom stereocenters. The van der Waals surface area contributed by atoms with Gasteiger partial charge >= 0.3 is 0 Å². The number of halogens is 1. The van der Waals surface area contributed by atoms with Crippen LogP contribution in [0.2, 0.25) is 0 Å². The molecular weight excluding hydrogens is 398 g/mol. The summed E-state index contributed by atoms with van der Waals surface area (Å²) >= 11 is 3.62. The highest BCUT2D eigenvalue weighted by Crippen LogP contribution is 2.38. The third-order valence-electron chi connectivity index (χ3n) is 4.62. The second-order valence-electron chi connectivity index (χ2n) is 6.59. The highest BCUT2D eigenvalue weighted by atomic mass is 79.9. The van der Waals surface area contributed by atoms with Crippen molar-refractivity contribution >= 4 is 44.2 Å². The average molecular weight is 418 g/mol. The van der Waals surface area contributed by atoms with E-state index in [2.05, 4.69) is 41.2 Å². The Balaban J connectivity index is 1.74. The molecule has 1 fully saturated rings. The van der Waals surface area contributed by atoms with Gasteiger partial charge in [-0.3, -0.25) is 9.48 Å². The highest BCUT2D eigenvalue weighted by Gasteiger charge is 2.24. The molecule has 0 aromatic carbocycles. The SMILES string of the molecule is Cn1cc(C(=O)Nc2c[nH]c3ncc(Br)c(N4CCC[C@H](N)C4)c23)cn1. The van der Waals surface area contributed by atoms with Crippen molar-refractivity contribution in [3.05, 3.63) is 34.8 Å². The van der Waals surface area contributed by atoms with E-state index in [4.69, 9.17) is 5.73 Å². The molecule has 0 radical (unpaired) electrons. The van der Waals surface area contributed by atoms with Gasteiger partial charge < -0.3 is 20.9 Å². The Morgan fingerprint density at radius 3 is 3.04 bits per heavy atom. The number of hydrogen-bond donors (Lipinski definition) is 3. The van der Waals surface area contributed by atoms with Gasteiger partial charge in [0.15, 0.2) is 0 Å². The quantitative estimate of drug-likeness (QED) is 0.605. The van der Waals surface area contributed by atoms with Crippen molar-refractivity contribution in [1.29, 1.82) is 0 Å². The Labute approximate surface area is 158 Å². The summed E-state index contributed by atoms with van der Waals surface area (Å²) in [6, 6.07) is 0.145. The summed E-state index contributed by atoms with van der Waals surface area (Å²) in [6.07, 6.45) is 8.85. The Hall–Kier alpha value is -2.39. The molecule has 0 spiro atoms. The van der Waals surface area contributed by atoms with E-state index in [0.29, 0.717) is 11.3 Å². The molecule has 8 nitrogen and oxygen atoms in total. The van der Waals surface area contributed by atoms with E-state index in [0.717, 1.165) is 47.1 Å². The number of nitrogens with one attached hydrogen (secondary N) is 2. The number of nitrogens with two attached hydrogens (primary N) is 1. The van der Waals surface area contributed by atoms with Gasteiger partial charge in [-0.25, -0.2) is 4.98 Å². The lowest BCUT2D eigenvalue weighted by molar-refractivity contribution is 0.102. The lowest BCUT2D eigenvalue weighted by Gasteiger charge is -2.33. The molecule has 3 aromatic rings. The average Bonchev–Trinajstić information content (AvgIpc) is 3.22. The molecule has 26 heavy (non-hydrogen) atoms. The summed E-state index contributed by atoms with van der Waals surface area (Å²) in [5.74, 6) is -0.208. The lowest BCUT2D eigenvalue weighted by atomic mass is 10.1. The molecule has 1 atom stereocenters. The number of rotatable bonds is 3. The van der Waals surface area contributed by atoms with Crippen molar-refractivity contribution in [2.45, 2.75) is 18.9 Å². The third-order valence-corrected chi connectivity index (χ3v) is 5.20. The first-order chi connectivity index (χ1) is 12.5. The van der Waals surface area contributed by atoms with Crippen molar-refractivity contribution in [1.82, 2.24) is 19.7 Å². The Kier molecular flexibility index (Phi) is 4.41. The second kappa shape index (κ2) is 6.73. The normalized spacial score (nSPS) is 17.7. The van der Waals surface area contributed by atoms with E-state index in [1.165, 1.54) is 0 Å².